The van der Waals surface area contributed by atoms with Crippen molar-refractivity contribution in [1.82, 2.24) is 0 Å². The van der Waals surface area contributed by atoms with Crippen molar-refractivity contribution < 1.29 is 8.42 Å². The number of sulfone groups is 1. The molecule has 96 valence electrons. The molecule has 0 amide bonds. The first-order valence-corrected chi connectivity index (χ1v) is 7.62. The summed E-state index contributed by atoms with van der Waals surface area (Å²) in [6, 6.07) is 5.90. The Morgan fingerprint density at radius 2 is 1.71 bits per heavy atom. The van der Waals surface area contributed by atoms with Gasteiger partial charge in [0.25, 0.3) is 0 Å². The van der Waals surface area contributed by atoms with Crippen LogP contribution in [0.5, 0.6) is 0 Å². The molecule has 1 atom stereocenters. The van der Waals surface area contributed by atoms with E-state index >= 15 is 0 Å². The predicted molar refractivity (Wildman–Crippen MR) is 71.6 cm³/mol. The summed E-state index contributed by atoms with van der Waals surface area (Å²) >= 11 is 0. The topological polar surface area (TPSA) is 60.2 Å². The van der Waals surface area contributed by atoms with Gasteiger partial charge in [-0.3, -0.25) is 0 Å². The summed E-state index contributed by atoms with van der Waals surface area (Å²) in [5, 5.41) is 0. The lowest BCUT2D eigenvalue weighted by Crippen LogP contribution is -2.22. The fourth-order valence-corrected chi connectivity index (χ4v) is 3.76. The zero-order chi connectivity index (χ0) is 13.1. The van der Waals surface area contributed by atoms with E-state index in [1.54, 1.807) is 0 Å². The van der Waals surface area contributed by atoms with E-state index in [-0.39, 0.29) is 17.4 Å². The third-order valence-electron chi connectivity index (χ3n) is 2.61. The van der Waals surface area contributed by atoms with Crippen LogP contribution in [0.2, 0.25) is 0 Å². The largest absolute Gasteiger partial charge is 0.330 e. The Bertz CT molecular complexity index is 460. The fourth-order valence-electron chi connectivity index (χ4n) is 1.97. The molecule has 0 saturated heterocycles. The fraction of sp³-hybridized carbons (Fsp3) is 0.538. The van der Waals surface area contributed by atoms with Gasteiger partial charge in [0.1, 0.15) is 0 Å². The second-order valence-corrected chi connectivity index (χ2v) is 7.00. The summed E-state index contributed by atoms with van der Waals surface area (Å²) < 4.78 is 23.9. The molecular formula is C13H21NO2S. The lowest BCUT2D eigenvalue weighted by atomic mass is 10.1. The van der Waals surface area contributed by atoms with Crippen LogP contribution in [0.1, 0.15) is 23.6 Å². The molecule has 1 aromatic carbocycles. The minimum Gasteiger partial charge on any atom is -0.330 e. The van der Waals surface area contributed by atoms with Crippen molar-refractivity contribution in [2.24, 2.45) is 11.7 Å². The van der Waals surface area contributed by atoms with Crippen LogP contribution in [0.3, 0.4) is 0 Å². The third kappa shape index (κ3) is 4.88. The molecule has 0 aliphatic heterocycles. The molecule has 0 aliphatic rings. The lowest BCUT2D eigenvalue weighted by molar-refractivity contribution is 0.573. The van der Waals surface area contributed by atoms with Gasteiger partial charge in [-0.05, 0) is 31.9 Å². The molecule has 3 nitrogen and oxygen atoms in total. The summed E-state index contributed by atoms with van der Waals surface area (Å²) in [6.45, 7) is 6.22. The van der Waals surface area contributed by atoms with Gasteiger partial charge in [0.05, 0.1) is 11.5 Å². The normalized spacial score (nSPS) is 13.6. The molecule has 0 fully saturated rings. The van der Waals surface area contributed by atoms with E-state index in [9.17, 15) is 8.42 Å². The molecule has 0 bridgehead atoms. The van der Waals surface area contributed by atoms with E-state index in [0.717, 1.165) is 16.7 Å². The highest BCUT2D eigenvalue weighted by molar-refractivity contribution is 7.90. The van der Waals surface area contributed by atoms with E-state index in [2.05, 4.69) is 0 Å². The number of aryl methyl sites for hydroxylation is 2. The highest BCUT2D eigenvalue weighted by Crippen LogP contribution is 2.14. The van der Waals surface area contributed by atoms with Crippen LogP contribution in [0.25, 0.3) is 0 Å². The third-order valence-corrected chi connectivity index (χ3v) is 4.46. The molecule has 0 heterocycles. The van der Waals surface area contributed by atoms with Crippen molar-refractivity contribution in [1.29, 1.82) is 0 Å². The Kier molecular flexibility index (Phi) is 4.71. The lowest BCUT2D eigenvalue weighted by Gasteiger charge is -2.10. The van der Waals surface area contributed by atoms with Gasteiger partial charge >= 0.3 is 0 Å². The highest BCUT2D eigenvalue weighted by atomic mass is 32.2. The number of rotatable bonds is 5. The number of hydrogen-bond donors (Lipinski definition) is 1. The predicted octanol–water partition coefficient (Wildman–Crippen LogP) is 1.81. The molecule has 1 unspecified atom stereocenters. The number of nitrogens with two attached hydrogens (primary N) is 1. The van der Waals surface area contributed by atoms with Crippen molar-refractivity contribution in [3.63, 3.8) is 0 Å². The SMILES string of the molecule is Cc1cc(C)cc(CS(=O)(=O)CC(C)CN)c1. The molecule has 4 heteroatoms. The van der Waals surface area contributed by atoms with Gasteiger partial charge < -0.3 is 5.73 Å². The van der Waals surface area contributed by atoms with E-state index in [1.165, 1.54) is 0 Å². The van der Waals surface area contributed by atoms with Crippen molar-refractivity contribution in [3.8, 4) is 0 Å². The summed E-state index contributed by atoms with van der Waals surface area (Å²) in [4.78, 5) is 0. The first-order valence-electron chi connectivity index (χ1n) is 5.80. The Labute approximate surface area is 104 Å². The van der Waals surface area contributed by atoms with Crippen molar-refractivity contribution in [2.75, 3.05) is 12.3 Å². The molecule has 0 saturated carbocycles. The summed E-state index contributed by atoms with van der Waals surface area (Å²) in [6.07, 6.45) is 0. The van der Waals surface area contributed by atoms with Crippen LogP contribution in [0, 0.1) is 19.8 Å². The molecule has 0 radical (unpaired) electrons. The molecule has 1 aromatic rings. The van der Waals surface area contributed by atoms with Crippen molar-refractivity contribution in [3.05, 3.63) is 34.9 Å². The minimum atomic E-state index is -3.06. The van der Waals surface area contributed by atoms with Gasteiger partial charge in [0.15, 0.2) is 9.84 Å². The van der Waals surface area contributed by atoms with Crippen molar-refractivity contribution in [2.45, 2.75) is 26.5 Å². The van der Waals surface area contributed by atoms with Crippen molar-refractivity contribution >= 4 is 9.84 Å². The quantitative estimate of drug-likeness (QED) is 0.873. The maximum atomic E-state index is 11.9. The van der Waals surface area contributed by atoms with Gasteiger partial charge in [0, 0.05) is 0 Å². The molecule has 0 aliphatic carbocycles. The van der Waals surface area contributed by atoms with Gasteiger partial charge in [-0.1, -0.05) is 36.2 Å². The Morgan fingerprint density at radius 1 is 1.18 bits per heavy atom. The molecule has 1 rings (SSSR count). The molecule has 0 aromatic heterocycles. The van der Waals surface area contributed by atoms with Crippen LogP contribution >= 0.6 is 0 Å². The summed E-state index contributed by atoms with van der Waals surface area (Å²) in [5.74, 6) is 0.294. The zero-order valence-corrected chi connectivity index (χ0v) is 11.5. The highest BCUT2D eigenvalue weighted by Gasteiger charge is 2.16. The second-order valence-electron chi connectivity index (χ2n) is 4.89. The van der Waals surface area contributed by atoms with E-state index in [0.29, 0.717) is 6.54 Å². The van der Waals surface area contributed by atoms with E-state index in [4.69, 9.17) is 5.73 Å². The van der Waals surface area contributed by atoms with Gasteiger partial charge in [-0.25, -0.2) is 8.42 Å². The molecule has 2 N–H and O–H groups in total. The van der Waals surface area contributed by atoms with E-state index < -0.39 is 9.84 Å². The van der Waals surface area contributed by atoms with E-state index in [1.807, 2.05) is 39.0 Å². The average molecular weight is 255 g/mol. The number of hydrogen-bond acceptors (Lipinski definition) is 3. The Hall–Kier alpha value is -0.870. The average Bonchev–Trinajstić information content (AvgIpc) is 2.13. The summed E-state index contributed by atoms with van der Waals surface area (Å²) in [7, 11) is -3.06. The standard InChI is InChI=1S/C13H21NO2S/c1-10-4-11(2)6-13(5-10)9-17(15,16)8-12(3)7-14/h4-6,12H,7-9,14H2,1-3H3. The van der Waals surface area contributed by atoms with Gasteiger partial charge in [-0.2, -0.15) is 0 Å². The Balaban J connectivity index is 2.83. The van der Waals surface area contributed by atoms with Crippen LogP contribution in [0.4, 0.5) is 0 Å². The van der Waals surface area contributed by atoms with Crippen LogP contribution in [-0.4, -0.2) is 20.7 Å². The molecule has 0 spiro atoms. The smallest absolute Gasteiger partial charge is 0.154 e. The zero-order valence-electron chi connectivity index (χ0n) is 10.7. The molecular weight excluding hydrogens is 234 g/mol. The second kappa shape index (κ2) is 5.65. The number of benzene rings is 1. The maximum absolute atomic E-state index is 11.9. The monoisotopic (exact) mass is 255 g/mol. The first-order chi connectivity index (χ1) is 7.82. The minimum absolute atomic E-state index is 0.0194. The first kappa shape index (κ1) is 14.2. The van der Waals surface area contributed by atoms with Gasteiger partial charge in [-0.15, -0.1) is 0 Å². The summed E-state index contributed by atoms with van der Waals surface area (Å²) in [5.41, 5.74) is 8.52. The maximum Gasteiger partial charge on any atom is 0.154 e. The van der Waals surface area contributed by atoms with Gasteiger partial charge in [0.2, 0.25) is 0 Å². The van der Waals surface area contributed by atoms with Crippen LogP contribution < -0.4 is 5.73 Å². The Morgan fingerprint density at radius 3 is 2.18 bits per heavy atom. The van der Waals surface area contributed by atoms with Crippen LogP contribution in [0.15, 0.2) is 18.2 Å². The molecule has 17 heavy (non-hydrogen) atoms. The van der Waals surface area contributed by atoms with Crippen LogP contribution in [-0.2, 0) is 15.6 Å².